The van der Waals surface area contributed by atoms with E-state index in [1.165, 1.54) is 18.4 Å². The lowest BCUT2D eigenvalue weighted by Crippen LogP contribution is -2.31. The summed E-state index contributed by atoms with van der Waals surface area (Å²) >= 11 is 0. The second-order valence-corrected chi connectivity index (χ2v) is 4.55. The number of nitrogens with two attached hydrogens (primary N) is 1. The number of rotatable bonds is 5. The Kier molecular flexibility index (Phi) is 4.49. The molecule has 0 spiro atoms. The average molecular weight is 277 g/mol. The zero-order chi connectivity index (χ0) is 14.5. The van der Waals surface area contributed by atoms with Crippen molar-refractivity contribution < 1.29 is 13.6 Å². The molecule has 0 saturated heterocycles. The minimum absolute atomic E-state index is 0.193. The molecule has 1 amide bonds. The van der Waals surface area contributed by atoms with Crippen molar-refractivity contribution in [1.29, 1.82) is 0 Å². The Morgan fingerprint density at radius 3 is 2.90 bits per heavy atom. The van der Waals surface area contributed by atoms with E-state index in [1.54, 1.807) is 12.1 Å². The van der Waals surface area contributed by atoms with Gasteiger partial charge in [-0.25, -0.2) is 10.2 Å². The van der Waals surface area contributed by atoms with E-state index in [0.717, 1.165) is 11.1 Å². The SMILES string of the molecule is CN(Cc1cccc(F)c1)Cc1ccoc1C(=O)NN. The largest absolute Gasteiger partial charge is 0.459 e. The minimum Gasteiger partial charge on any atom is -0.459 e. The lowest BCUT2D eigenvalue weighted by Gasteiger charge is -2.16. The normalized spacial score (nSPS) is 10.8. The summed E-state index contributed by atoms with van der Waals surface area (Å²) in [6.45, 7) is 1.06. The van der Waals surface area contributed by atoms with Gasteiger partial charge in [0.25, 0.3) is 0 Å². The predicted molar refractivity (Wildman–Crippen MR) is 71.9 cm³/mol. The molecular formula is C14H16FN3O2. The van der Waals surface area contributed by atoms with Crippen molar-refractivity contribution in [3.63, 3.8) is 0 Å². The van der Waals surface area contributed by atoms with Crippen molar-refractivity contribution >= 4 is 5.91 Å². The Morgan fingerprint density at radius 2 is 2.20 bits per heavy atom. The zero-order valence-electron chi connectivity index (χ0n) is 11.1. The molecule has 0 saturated carbocycles. The summed E-state index contributed by atoms with van der Waals surface area (Å²) in [6.07, 6.45) is 1.44. The van der Waals surface area contributed by atoms with Crippen LogP contribution in [0, 0.1) is 5.82 Å². The van der Waals surface area contributed by atoms with Gasteiger partial charge in [0.1, 0.15) is 5.82 Å². The van der Waals surface area contributed by atoms with Crippen LogP contribution < -0.4 is 11.3 Å². The van der Waals surface area contributed by atoms with Crippen LogP contribution in [0.4, 0.5) is 4.39 Å². The van der Waals surface area contributed by atoms with Gasteiger partial charge in [-0.1, -0.05) is 12.1 Å². The monoisotopic (exact) mass is 277 g/mol. The lowest BCUT2D eigenvalue weighted by molar-refractivity contribution is 0.0923. The predicted octanol–water partition coefficient (Wildman–Crippen LogP) is 1.65. The van der Waals surface area contributed by atoms with Gasteiger partial charge in [0.15, 0.2) is 5.76 Å². The Bertz CT molecular complexity index is 598. The number of furan rings is 1. The molecule has 0 atom stereocenters. The van der Waals surface area contributed by atoms with Crippen molar-refractivity contribution in [2.45, 2.75) is 13.1 Å². The summed E-state index contributed by atoms with van der Waals surface area (Å²) in [5.41, 5.74) is 3.63. The second-order valence-electron chi connectivity index (χ2n) is 4.55. The third kappa shape index (κ3) is 3.43. The highest BCUT2D eigenvalue weighted by molar-refractivity contribution is 5.92. The maximum atomic E-state index is 13.1. The topological polar surface area (TPSA) is 71.5 Å². The molecule has 2 rings (SSSR count). The molecule has 0 unspecified atom stereocenters. The fraction of sp³-hybridized carbons (Fsp3) is 0.214. The van der Waals surface area contributed by atoms with E-state index in [1.807, 2.05) is 23.4 Å². The molecule has 0 aliphatic carbocycles. The van der Waals surface area contributed by atoms with Gasteiger partial charge in [-0.05, 0) is 30.8 Å². The van der Waals surface area contributed by atoms with Crippen molar-refractivity contribution in [1.82, 2.24) is 10.3 Å². The molecule has 20 heavy (non-hydrogen) atoms. The molecule has 6 heteroatoms. The number of nitrogen functional groups attached to an aromatic ring is 1. The lowest BCUT2D eigenvalue weighted by atomic mass is 10.2. The molecule has 1 aromatic carbocycles. The first kappa shape index (κ1) is 14.2. The van der Waals surface area contributed by atoms with Crippen LogP contribution in [0.3, 0.4) is 0 Å². The number of carbonyl (C=O) groups excluding carboxylic acids is 1. The molecule has 0 radical (unpaired) electrons. The van der Waals surface area contributed by atoms with E-state index >= 15 is 0 Å². The number of hydrogen-bond donors (Lipinski definition) is 2. The highest BCUT2D eigenvalue weighted by Crippen LogP contribution is 2.14. The highest BCUT2D eigenvalue weighted by atomic mass is 19.1. The molecule has 0 bridgehead atoms. The molecule has 0 aliphatic rings. The van der Waals surface area contributed by atoms with Crippen molar-refractivity contribution in [3.05, 3.63) is 59.3 Å². The van der Waals surface area contributed by atoms with Gasteiger partial charge in [0.2, 0.25) is 0 Å². The van der Waals surface area contributed by atoms with Crippen LogP contribution in [0.5, 0.6) is 0 Å². The van der Waals surface area contributed by atoms with Crippen LogP contribution in [0.15, 0.2) is 41.0 Å². The number of nitrogens with one attached hydrogen (secondary N) is 1. The van der Waals surface area contributed by atoms with E-state index in [4.69, 9.17) is 10.3 Å². The molecule has 5 nitrogen and oxygen atoms in total. The average Bonchev–Trinajstić information content (AvgIpc) is 2.85. The smallest absolute Gasteiger partial charge is 0.301 e. The first-order valence-corrected chi connectivity index (χ1v) is 6.10. The Balaban J connectivity index is 2.03. The van der Waals surface area contributed by atoms with Gasteiger partial charge >= 0.3 is 5.91 Å². The van der Waals surface area contributed by atoms with Crippen LogP contribution in [-0.2, 0) is 13.1 Å². The first-order valence-electron chi connectivity index (χ1n) is 6.10. The molecule has 0 fully saturated rings. The summed E-state index contributed by atoms with van der Waals surface area (Å²) < 4.78 is 18.2. The number of amides is 1. The summed E-state index contributed by atoms with van der Waals surface area (Å²) in [7, 11) is 1.88. The summed E-state index contributed by atoms with van der Waals surface area (Å²) in [5, 5.41) is 0. The quantitative estimate of drug-likeness (QED) is 0.495. The van der Waals surface area contributed by atoms with Crippen molar-refractivity contribution in [2.75, 3.05) is 7.05 Å². The number of halogens is 1. The molecule has 106 valence electrons. The Hall–Kier alpha value is -2.18. The van der Waals surface area contributed by atoms with Gasteiger partial charge < -0.3 is 4.42 Å². The van der Waals surface area contributed by atoms with Gasteiger partial charge in [0.05, 0.1) is 6.26 Å². The molecule has 0 aliphatic heterocycles. The van der Waals surface area contributed by atoms with E-state index in [0.29, 0.717) is 13.1 Å². The van der Waals surface area contributed by atoms with Crippen LogP contribution in [0.2, 0.25) is 0 Å². The fourth-order valence-electron chi connectivity index (χ4n) is 2.02. The maximum absolute atomic E-state index is 13.1. The van der Waals surface area contributed by atoms with E-state index < -0.39 is 5.91 Å². The van der Waals surface area contributed by atoms with E-state index in [2.05, 4.69) is 0 Å². The first-order chi connectivity index (χ1) is 9.60. The van der Waals surface area contributed by atoms with Crippen LogP contribution in [0.1, 0.15) is 21.7 Å². The van der Waals surface area contributed by atoms with Crippen molar-refractivity contribution in [2.24, 2.45) is 5.84 Å². The van der Waals surface area contributed by atoms with Gasteiger partial charge in [0, 0.05) is 18.7 Å². The van der Waals surface area contributed by atoms with E-state index in [9.17, 15) is 9.18 Å². The van der Waals surface area contributed by atoms with E-state index in [-0.39, 0.29) is 11.6 Å². The molecule has 2 aromatic rings. The van der Waals surface area contributed by atoms with Gasteiger partial charge in [-0.2, -0.15) is 0 Å². The second kappa shape index (κ2) is 6.31. The molecular weight excluding hydrogens is 261 g/mol. The summed E-state index contributed by atoms with van der Waals surface area (Å²) in [6, 6.07) is 8.13. The Labute approximate surface area is 116 Å². The van der Waals surface area contributed by atoms with Gasteiger partial charge in [-0.15, -0.1) is 0 Å². The fourth-order valence-corrected chi connectivity index (χ4v) is 2.02. The van der Waals surface area contributed by atoms with Crippen LogP contribution in [0.25, 0.3) is 0 Å². The van der Waals surface area contributed by atoms with Crippen LogP contribution >= 0.6 is 0 Å². The number of carbonyl (C=O) groups is 1. The third-order valence-corrected chi connectivity index (χ3v) is 2.87. The Morgan fingerprint density at radius 1 is 1.40 bits per heavy atom. The van der Waals surface area contributed by atoms with Crippen LogP contribution in [-0.4, -0.2) is 17.9 Å². The van der Waals surface area contributed by atoms with Crippen molar-refractivity contribution in [3.8, 4) is 0 Å². The number of nitrogens with zero attached hydrogens (tertiary/aromatic N) is 1. The number of hydrogen-bond acceptors (Lipinski definition) is 4. The summed E-state index contributed by atoms with van der Waals surface area (Å²) in [5.74, 6) is 4.55. The zero-order valence-corrected chi connectivity index (χ0v) is 11.1. The molecule has 1 aromatic heterocycles. The third-order valence-electron chi connectivity index (χ3n) is 2.87. The maximum Gasteiger partial charge on any atom is 0.301 e. The standard InChI is InChI=1S/C14H16FN3O2/c1-18(8-10-3-2-4-12(15)7-10)9-11-5-6-20-13(11)14(19)17-16/h2-7H,8-9,16H2,1H3,(H,17,19). The van der Waals surface area contributed by atoms with Gasteiger partial charge in [-0.3, -0.25) is 15.1 Å². The minimum atomic E-state index is -0.468. The summed E-state index contributed by atoms with van der Waals surface area (Å²) in [4.78, 5) is 13.4. The molecule has 1 heterocycles. The highest BCUT2D eigenvalue weighted by Gasteiger charge is 2.15. The number of benzene rings is 1. The number of hydrazine groups is 1. The molecule has 3 N–H and O–H groups in total.